The number of thiazole rings is 1. The van der Waals surface area contributed by atoms with Gasteiger partial charge in [0, 0.05) is 18.6 Å². The Morgan fingerprint density at radius 1 is 1.57 bits per heavy atom. The van der Waals surface area contributed by atoms with Crippen LogP contribution in [0.5, 0.6) is 0 Å². The van der Waals surface area contributed by atoms with E-state index in [1.54, 1.807) is 11.3 Å². The molecule has 0 spiro atoms. The van der Waals surface area contributed by atoms with Gasteiger partial charge in [-0.25, -0.2) is 4.98 Å². The van der Waals surface area contributed by atoms with Crippen LogP contribution in [0.25, 0.3) is 0 Å². The largest absolute Gasteiger partial charge is 0.381 e. The summed E-state index contributed by atoms with van der Waals surface area (Å²) >= 11 is 1.66. The van der Waals surface area contributed by atoms with Crippen molar-refractivity contribution < 1.29 is 4.74 Å². The molecular formula is C10H16N2OS. The Morgan fingerprint density at radius 2 is 2.36 bits per heavy atom. The van der Waals surface area contributed by atoms with Gasteiger partial charge in [0.05, 0.1) is 17.2 Å². The fourth-order valence-corrected chi connectivity index (χ4v) is 2.64. The number of hydrogen-bond donors (Lipinski definition) is 1. The Balaban J connectivity index is 2.04. The zero-order valence-corrected chi connectivity index (χ0v) is 9.22. The van der Waals surface area contributed by atoms with Gasteiger partial charge in [0.15, 0.2) is 0 Å². The predicted molar refractivity (Wildman–Crippen MR) is 57.5 cm³/mol. The number of nitrogens with one attached hydrogen (secondary N) is 1. The van der Waals surface area contributed by atoms with Gasteiger partial charge in [-0.05, 0) is 25.8 Å². The number of hydrogen-bond acceptors (Lipinski definition) is 4. The zero-order chi connectivity index (χ0) is 9.80. The molecule has 1 N–H and O–H groups in total. The van der Waals surface area contributed by atoms with Crippen molar-refractivity contribution in [3.8, 4) is 0 Å². The lowest BCUT2D eigenvalue weighted by Crippen LogP contribution is -2.30. The minimum Gasteiger partial charge on any atom is -0.381 e. The van der Waals surface area contributed by atoms with Crippen molar-refractivity contribution in [3.63, 3.8) is 0 Å². The Hall–Kier alpha value is -0.450. The molecule has 0 radical (unpaired) electrons. The second kappa shape index (κ2) is 4.87. The summed E-state index contributed by atoms with van der Waals surface area (Å²) in [6.07, 6.45) is 2.28. The molecule has 4 heteroatoms. The maximum absolute atomic E-state index is 5.37. The first-order chi connectivity index (χ1) is 6.92. The first-order valence-electron chi connectivity index (χ1n) is 5.05. The monoisotopic (exact) mass is 212 g/mol. The summed E-state index contributed by atoms with van der Waals surface area (Å²) in [5, 5.41) is 5.50. The van der Waals surface area contributed by atoms with E-state index in [1.807, 2.05) is 12.6 Å². The molecule has 0 amide bonds. The summed E-state index contributed by atoms with van der Waals surface area (Å²) in [5.74, 6) is 0.677. The zero-order valence-electron chi connectivity index (χ0n) is 8.40. The average molecular weight is 212 g/mol. The Labute approximate surface area is 88.5 Å². The van der Waals surface area contributed by atoms with E-state index in [2.05, 4.69) is 15.7 Å². The van der Waals surface area contributed by atoms with Gasteiger partial charge in [0.25, 0.3) is 0 Å². The minimum atomic E-state index is 0.408. The Morgan fingerprint density at radius 3 is 2.93 bits per heavy atom. The molecule has 3 nitrogen and oxygen atoms in total. The molecule has 2 rings (SSSR count). The highest BCUT2D eigenvalue weighted by Crippen LogP contribution is 2.29. The fourth-order valence-electron chi connectivity index (χ4n) is 2.05. The summed E-state index contributed by atoms with van der Waals surface area (Å²) in [4.78, 5) is 4.38. The van der Waals surface area contributed by atoms with Gasteiger partial charge in [-0.3, -0.25) is 0 Å². The van der Waals surface area contributed by atoms with E-state index in [1.165, 1.54) is 5.69 Å². The number of ether oxygens (including phenoxy) is 1. The van der Waals surface area contributed by atoms with Crippen LogP contribution in [0.1, 0.15) is 24.6 Å². The average Bonchev–Trinajstić information content (AvgIpc) is 2.74. The van der Waals surface area contributed by atoms with Crippen molar-refractivity contribution in [3.05, 3.63) is 16.6 Å². The number of nitrogens with zero attached hydrogens (tertiary/aromatic N) is 1. The standard InChI is InChI=1S/C10H16N2OS/c1-11-10(9-6-14-7-12-9)8-2-4-13-5-3-8/h6-8,10-11H,2-5H2,1H3. The molecule has 1 aromatic rings. The van der Waals surface area contributed by atoms with Crippen LogP contribution in [0.2, 0.25) is 0 Å². The minimum absolute atomic E-state index is 0.408. The molecule has 0 aliphatic carbocycles. The molecule has 1 aliphatic rings. The van der Waals surface area contributed by atoms with Gasteiger partial charge in [-0.15, -0.1) is 11.3 Å². The quantitative estimate of drug-likeness (QED) is 0.830. The van der Waals surface area contributed by atoms with E-state index in [0.29, 0.717) is 12.0 Å². The van der Waals surface area contributed by atoms with E-state index >= 15 is 0 Å². The molecule has 0 bridgehead atoms. The van der Waals surface area contributed by atoms with Crippen molar-refractivity contribution in [2.45, 2.75) is 18.9 Å². The molecule has 0 saturated carbocycles. The number of rotatable bonds is 3. The highest BCUT2D eigenvalue weighted by Gasteiger charge is 2.25. The van der Waals surface area contributed by atoms with Gasteiger partial charge < -0.3 is 10.1 Å². The van der Waals surface area contributed by atoms with E-state index in [0.717, 1.165) is 26.1 Å². The number of aromatic nitrogens is 1. The smallest absolute Gasteiger partial charge is 0.0795 e. The Bertz CT molecular complexity index is 257. The summed E-state index contributed by atoms with van der Waals surface area (Å²) in [6.45, 7) is 1.79. The van der Waals surface area contributed by atoms with E-state index in [4.69, 9.17) is 4.74 Å². The van der Waals surface area contributed by atoms with Crippen LogP contribution in [0.15, 0.2) is 10.9 Å². The molecule has 1 fully saturated rings. The third-order valence-electron chi connectivity index (χ3n) is 2.82. The van der Waals surface area contributed by atoms with Gasteiger partial charge in [-0.2, -0.15) is 0 Å². The molecule has 2 heterocycles. The van der Waals surface area contributed by atoms with Crippen LogP contribution in [0.3, 0.4) is 0 Å². The van der Waals surface area contributed by atoms with Crippen LogP contribution in [0, 0.1) is 5.92 Å². The molecule has 1 unspecified atom stereocenters. The van der Waals surface area contributed by atoms with Crippen LogP contribution in [-0.4, -0.2) is 25.2 Å². The maximum Gasteiger partial charge on any atom is 0.0795 e. The van der Waals surface area contributed by atoms with Crippen LogP contribution < -0.4 is 5.32 Å². The van der Waals surface area contributed by atoms with Crippen molar-refractivity contribution in [2.24, 2.45) is 5.92 Å². The molecule has 78 valence electrons. The van der Waals surface area contributed by atoms with E-state index in [9.17, 15) is 0 Å². The molecule has 14 heavy (non-hydrogen) atoms. The highest BCUT2D eigenvalue weighted by atomic mass is 32.1. The summed E-state index contributed by atoms with van der Waals surface area (Å²) in [6, 6.07) is 0.408. The van der Waals surface area contributed by atoms with Crippen LogP contribution in [-0.2, 0) is 4.74 Å². The first kappa shape index (κ1) is 10.1. The van der Waals surface area contributed by atoms with Gasteiger partial charge in [0.1, 0.15) is 0 Å². The molecular weight excluding hydrogens is 196 g/mol. The van der Waals surface area contributed by atoms with Gasteiger partial charge >= 0.3 is 0 Å². The summed E-state index contributed by atoms with van der Waals surface area (Å²) < 4.78 is 5.37. The van der Waals surface area contributed by atoms with Gasteiger partial charge in [0.2, 0.25) is 0 Å². The van der Waals surface area contributed by atoms with Crippen molar-refractivity contribution in [1.82, 2.24) is 10.3 Å². The third kappa shape index (κ3) is 2.13. The second-order valence-corrected chi connectivity index (χ2v) is 4.35. The highest BCUT2D eigenvalue weighted by molar-refractivity contribution is 7.07. The van der Waals surface area contributed by atoms with E-state index in [-0.39, 0.29) is 0 Å². The van der Waals surface area contributed by atoms with Crippen LogP contribution >= 0.6 is 11.3 Å². The molecule has 1 aromatic heterocycles. The molecule has 1 aliphatic heterocycles. The van der Waals surface area contributed by atoms with Crippen molar-refractivity contribution in [1.29, 1.82) is 0 Å². The summed E-state index contributed by atoms with van der Waals surface area (Å²) in [5.41, 5.74) is 3.09. The fraction of sp³-hybridized carbons (Fsp3) is 0.700. The van der Waals surface area contributed by atoms with Crippen LogP contribution in [0.4, 0.5) is 0 Å². The van der Waals surface area contributed by atoms with Gasteiger partial charge in [-0.1, -0.05) is 0 Å². The lowest BCUT2D eigenvalue weighted by Gasteiger charge is -2.28. The Kier molecular flexibility index (Phi) is 3.50. The molecule has 0 aromatic carbocycles. The summed E-state index contributed by atoms with van der Waals surface area (Å²) in [7, 11) is 2.01. The normalized spacial score (nSPS) is 20.9. The topological polar surface area (TPSA) is 34.2 Å². The predicted octanol–water partition coefficient (Wildman–Crippen LogP) is 1.83. The molecule has 1 atom stereocenters. The third-order valence-corrected chi connectivity index (χ3v) is 3.42. The first-order valence-corrected chi connectivity index (χ1v) is 5.99. The van der Waals surface area contributed by atoms with Crippen molar-refractivity contribution >= 4 is 11.3 Å². The van der Waals surface area contributed by atoms with E-state index < -0.39 is 0 Å². The van der Waals surface area contributed by atoms with Crippen molar-refractivity contribution in [2.75, 3.05) is 20.3 Å². The second-order valence-electron chi connectivity index (χ2n) is 3.63. The molecule has 1 saturated heterocycles. The lowest BCUT2D eigenvalue weighted by molar-refractivity contribution is 0.0542. The maximum atomic E-state index is 5.37. The lowest BCUT2D eigenvalue weighted by atomic mass is 9.90. The SMILES string of the molecule is CNC(c1cscn1)C1CCOCC1.